The molecular formula is C11H10N2O3S. The molecule has 0 fully saturated rings. The van der Waals surface area contributed by atoms with E-state index in [-0.39, 0.29) is 5.75 Å². The summed E-state index contributed by atoms with van der Waals surface area (Å²) in [6.45, 7) is 0. The van der Waals surface area contributed by atoms with Crippen molar-refractivity contribution in [3.05, 3.63) is 35.3 Å². The lowest BCUT2D eigenvalue weighted by Crippen LogP contribution is -2.20. The van der Waals surface area contributed by atoms with E-state index >= 15 is 0 Å². The lowest BCUT2D eigenvalue weighted by molar-refractivity contribution is -0.138. The molecule has 0 radical (unpaired) electrons. The largest absolute Gasteiger partial charge is 0.508 e. The fourth-order valence-electron chi connectivity index (χ4n) is 1.29. The summed E-state index contributed by atoms with van der Waals surface area (Å²) in [5, 5.41) is 20.2. The lowest BCUT2D eigenvalue weighted by Gasteiger charge is -2.00. The first-order valence-corrected chi connectivity index (χ1v) is 5.69. The molecule has 0 aliphatic carbocycles. The molecule has 1 unspecified atom stereocenters. The minimum atomic E-state index is -1.10. The molecule has 0 bridgehead atoms. The summed E-state index contributed by atoms with van der Waals surface area (Å²) in [7, 11) is 0. The van der Waals surface area contributed by atoms with Gasteiger partial charge in [-0.25, -0.2) is 4.98 Å². The number of nitrogens with two attached hydrogens (primary N) is 1. The Morgan fingerprint density at radius 3 is 2.59 bits per heavy atom. The maximum Gasteiger partial charge on any atom is 0.326 e. The summed E-state index contributed by atoms with van der Waals surface area (Å²) >= 11 is 1.32. The zero-order valence-electron chi connectivity index (χ0n) is 8.70. The van der Waals surface area contributed by atoms with Crippen molar-refractivity contribution in [2.45, 2.75) is 6.04 Å². The van der Waals surface area contributed by atoms with E-state index in [0.717, 1.165) is 5.56 Å². The SMILES string of the molecule is NC(C(=O)O)c1csc(-c2ccc(O)cc2)n1. The molecule has 5 nitrogen and oxygen atoms in total. The lowest BCUT2D eigenvalue weighted by atomic mass is 10.2. The first-order chi connectivity index (χ1) is 8.08. The number of hydrogen-bond donors (Lipinski definition) is 3. The Morgan fingerprint density at radius 2 is 2.00 bits per heavy atom. The van der Waals surface area contributed by atoms with Gasteiger partial charge in [0.1, 0.15) is 16.8 Å². The molecule has 0 spiro atoms. The zero-order chi connectivity index (χ0) is 12.4. The van der Waals surface area contributed by atoms with Gasteiger partial charge in [0.05, 0.1) is 5.69 Å². The predicted octanol–water partition coefficient (Wildman–Crippen LogP) is 1.60. The smallest absolute Gasteiger partial charge is 0.326 e. The van der Waals surface area contributed by atoms with Crippen molar-refractivity contribution in [2.24, 2.45) is 5.73 Å². The van der Waals surface area contributed by atoms with Gasteiger partial charge in [0, 0.05) is 10.9 Å². The van der Waals surface area contributed by atoms with Crippen molar-refractivity contribution in [1.29, 1.82) is 0 Å². The molecule has 17 heavy (non-hydrogen) atoms. The van der Waals surface area contributed by atoms with Crippen LogP contribution in [0.25, 0.3) is 10.6 Å². The van der Waals surface area contributed by atoms with Gasteiger partial charge < -0.3 is 15.9 Å². The standard InChI is InChI=1S/C11H10N2O3S/c12-9(11(15)16)8-5-17-10(13-8)6-1-3-7(14)4-2-6/h1-5,9,14H,12H2,(H,15,16). The average molecular weight is 250 g/mol. The fourth-order valence-corrected chi connectivity index (χ4v) is 2.15. The van der Waals surface area contributed by atoms with E-state index in [1.165, 1.54) is 11.3 Å². The van der Waals surface area contributed by atoms with Gasteiger partial charge in [0.15, 0.2) is 0 Å². The van der Waals surface area contributed by atoms with E-state index in [9.17, 15) is 4.79 Å². The molecule has 0 saturated heterocycles. The van der Waals surface area contributed by atoms with Crippen molar-refractivity contribution in [2.75, 3.05) is 0 Å². The fraction of sp³-hybridized carbons (Fsp3) is 0.0909. The zero-order valence-corrected chi connectivity index (χ0v) is 9.52. The molecule has 1 aromatic heterocycles. The first-order valence-electron chi connectivity index (χ1n) is 4.81. The summed E-state index contributed by atoms with van der Waals surface area (Å²) < 4.78 is 0. The highest BCUT2D eigenvalue weighted by molar-refractivity contribution is 7.13. The van der Waals surface area contributed by atoms with Gasteiger partial charge in [0.2, 0.25) is 0 Å². The number of phenolic OH excluding ortho intramolecular Hbond substituents is 1. The second kappa shape index (κ2) is 4.52. The minimum absolute atomic E-state index is 0.174. The van der Waals surface area contributed by atoms with Gasteiger partial charge >= 0.3 is 5.97 Å². The Morgan fingerprint density at radius 1 is 1.35 bits per heavy atom. The number of aromatic nitrogens is 1. The van der Waals surface area contributed by atoms with Crippen molar-refractivity contribution < 1.29 is 15.0 Å². The van der Waals surface area contributed by atoms with E-state index in [0.29, 0.717) is 10.7 Å². The third-order valence-corrected chi connectivity index (χ3v) is 3.13. The first kappa shape index (κ1) is 11.6. The Kier molecular flexibility index (Phi) is 3.08. The molecule has 4 N–H and O–H groups in total. The number of carboxylic acid groups (broad SMARTS) is 1. The monoisotopic (exact) mass is 250 g/mol. The van der Waals surface area contributed by atoms with Crippen LogP contribution in [0.15, 0.2) is 29.6 Å². The molecule has 1 heterocycles. The molecule has 0 aliphatic heterocycles. The van der Waals surface area contributed by atoms with Crippen molar-refractivity contribution >= 4 is 17.3 Å². The Bertz CT molecular complexity index is 536. The summed E-state index contributed by atoms with van der Waals surface area (Å²) in [5.74, 6) is -0.930. The number of nitrogens with zero attached hydrogens (tertiary/aromatic N) is 1. The Hall–Kier alpha value is -1.92. The van der Waals surface area contributed by atoms with Crippen LogP contribution in [0.4, 0.5) is 0 Å². The molecule has 2 rings (SSSR count). The van der Waals surface area contributed by atoms with Crippen LogP contribution in [0, 0.1) is 0 Å². The third kappa shape index (κ3) is 2.43. The summed E-state index contributed by atoms with van der Waals surface area (Å²) in [6.07, 6.45) is 0. The van der Waals surface area contributed by atoms with Crippen LogP contribution in [0.2, 0.25) is 0 Å². The second-order valence-corrected chi connectivity index (χ2v) is 4.30. The molecule has 6 heteroatoms. The quantitative estimate of drug-likeness (QED) is 0.768. The summed E-state index contributed by atoms with van der Waals surface area (Å²) in [6, 6.07) is 5.42. The van der Waals surface area contributed by atoms with E-state index in [1.54, 1.807) is 29.6 Å². The average Bonchev–Trinajstić information content (AvgIpc) is 2.78. The number of aromatic hydroxyl groups is 1. The molecule has 2 aromatic rings. The molecule has 0 saturated carbocycles. The highest BCUT2D eigenvalue weighted by Gasteiger charge is 2.17. The number of hydrogen-bond acceptors (Lipinski definition) is 5. The van der Waals surface area contributed by atoms with Crippen LogP contribution in [0.5, 0.6) is 5.75 Å². The Balaban J connectivity index is 2.29. The van der Waals surface area contributed by atoms with Crippen LogP contribution in [-0.4, -0.2) is 21.2 Å². The van der Waals surface area contributed by atoms with E-state index in [4.69, 9.17) is 15.9 Å². The Labute approximate surface area is 101 Å². The van der Waals surface area contributed by atoms with Crippen LogP contribution in [-0.2, 0) is 4.79 Å². The van der Waals surface area contributed by atoms with Crippen LogP contribution < -0.4 is 5.73 Å². The highest BCUT2D eigenvalue weighted by atomic mass is 32.1. The molecule has 1 atom stereocenters. The number of carboxylic acids is 1. The topological polar surface area (TPSA) is 96.4 Å². The minimum Gasteiger partial charge on any atom is -0.508 e. The third-order valence-electron chi connectivity index (χ3n) is 2.22. The van der Waals surface area contributed by atoms with Gasteiger partial charge in [-0.05, 0) is 24.3 Å². The maximum atomic E-state index is 10.7. The van der Waals surface area contributed by atoms with Gasteiger partial charge in [-0.3, -0.25) is 4.79 Å². The molecule has 0 aliphatic rings. The van der Waals surface area contributed by atoms with Gasteiger partial charge in [0.25, 0.3) is 0 Å². The number of rotatable bonds is 3. The predicted molar refractivity (Wildman–Crippen MR) is 63.8 cm³/mol. The number of aliphatic carboxylic acids is 1. The summed E-state index contributed by atoms with van der Waals surface area (Å²) in [5.41, 5.74) is 6.61. The number of benzene rings is 1. The highest BCUT2D eigenvalue weighted by Crippen LogP contribution is 2.26. The number of thiazole rings is 1. The van der Waals surface area contributed by atoms with Gasteiger partial charge in [-0.2, -0.15) is 0 Å². The van der Waals surface area contributed by atoms with E-state index in [2.05, 4.69) is 4.98 Å². The molecular weight excluding hydrogens is 240 g/mol. The van der Waals surface area contributed by atoms with E-state index < -0.39 is 12.0 Å². The molecule has 0 amide bonds. The van der Waals surface area contributed by atoms with Gasteiger partial charge in [-0.15, -0.1) is 11.3 Å². The maximum absolute atomic E-state index is 10.7. The van der Waals surface area contributed by atoms with Gasteiger partial charge in [-0.1, -0.05) is 0 Å². The second-order valence-electron chi connectivity index (χ2n) is 3.44. The van der Waals surface area contributed by atoms with Crippen molar-refractivity contribution in [3.8, 4) is 16.3 Å². The summed E-state index contributed by atoms with van der Waals surface area (Å²) in [4.78, 5) is 14.9. The van der Waals surface area contributed by atoms with E-state index in [1.807, 2.05) is 0 Å². The van der Waals surface area contributed by atoms with Crippen molar-refractivity contribution in [1.82, 2.24) is 4.98 Å². The van der Waals surface area contributed by atoms with Crippen LogP contribution >= 0.6 is 11.3 Å². The molecule has 88 valence electrons. The van der Waals surface area contributed by atoms with Crippen molar-refractivity contribution in [3.63, 3.8) is 0 Å². The van der Waals surface area contributed by atoms with Crippen LogP contribution in [0.3, 0.4) is 0 Å². The number of phenols is 1. The molecule has 1 aromatic carbocycles. The normalized spacial score (nSPS) is 12.3. The van der Waals surface area contributed by atoms with Crippen LogP contribution in [0.1, 0.15) is 11.7 Å². The number of carbonyl (C=O) groups is 1.